The minimum Gasteiger partial charge on any atom is -0.342 e. The maximum Gasteiger partial charge on any atom is 0.289 e. The van der Waals surface area contributed by atoms with Gasteiger partial charge in [-0.3, -0.25) is 9.36 Å². The van der Waals surface area contributed by atoms with Crippen molar-refractivity contribution in [2.45, 2.75) is 52.7 Å². The van der Waals surface area contributed by atoms with Gasteiger partial charge in [0.05, 0.1) is 12.1 Å². The van der Waals surface area contributed by atoms with Gasteiger partial charge in [-0.1, -0.05) is 29.8 Å². The van der Waals surface area contributed by atoms with Gasteiger partial charge in [0.2, 0.25) is 11.8 Å². The van der Waals surface area contributed by atoms with Crippen molar-refractivity contribution < 1.29 is 4.79 Å². The Kier molecular flexibility index (Phi) is 6.45. The Morgan fingerprint density at radius 1 is 1.25 bits per heavy atom. The van der Waals surface area contributed by atoms with Gasteiger partial charge in [-0.15, -0.1) is 10.2 Å². The number of benzene rings is 1. The van der Waals surface area contributed by atoms with E-state index in [-0.39, 0.29) is 24.3 Å². The van der Waals surface area contributed by atoms with E-state index in [1.165, 1.54) is 0 Å². The highest BCUT2D eigenvalue weighted by Crippen LogP contribution is 2.20. The van der Waals surface area contributed by atoms with Crippen molar-refractivity contribution in [3.05, 3.63) is 53.3 Å². The summed E-state index contributed by atoms with van der Waals surface area (Å²) in [5.74, 6) is 1.21. The second-order valence-electron chi connectivity index (χ2n) is 8.49. The largest absolute Gasteiger partial charge is 0.342 e. The summed E-state index contributed by atoms with van der Waals surface area (Å²) < 4.78 is 1.85. The predicted molar refractivity (Wildman–Crippen MR) is 124 cm³/mol. The second kappa shape index (κ2) is 9.44. The number of carbonyl (C=O) groups excluding carboxylic acids is 1. The van der Waals surface area contributed by atoms with Crippen molar-refractivity contribution in [2.75, 3.05) is 18.0 Å². The Balaban J connectivity index is 1.55. The molecule has 1 aromatic carbocycles. The van der Waals surface area contributed by atoms with E-state index in [0.717, 1.165) is 41.6 Å². The number of hydrogen-bond donors (Lipinski definition) is 2. The first-order valence-electron chi connectivity index (χ1n) is 11.0. The molecule has 9 heteroatoms. The summed E-state index contributed by atoms with van der Waals surface area (Å²) in [4.78, 5) is 24.3. The molecule has 2 aromatic heterocycles. The van der Waals surface area contributed by atoms with Crippen LogP contribution in [0, 0.1) is 6.92 Å². The van der Waals surface area contributed by atoms with E-state index in [2.05, 4.69) is 36.5 Å². The number of piperidine rings is 1. The van der Waals surface area contributed by atoms with Crippen LogP contribution in [0.15, 0.2) is 35.9 Å². The maximum atomic E-state index is 13.0. The Bertz CT molecular complexity index is 1150. The number of hydrogen-bond acceptors (Lipinski definition) is 7. The number of aromatic nitrogens is 5. The van der Waals surface area contributed by atoms with Gasteiger partial charge < -0.3 is 16.0 Å². The van der Waals surface area contributed by atoms with Crippen LogP contribution in [0.1, 0.15) is 48.8 Å². The molecule has 3 heterocycles. The van der Waals surface area contributed by atoms with Crippen LogP contribution in [-0.4, -0.2) is 49.8 Å². The summed E-state index contributed by atoms with van der Waals surface area (Å²) in [7, 11) is 0. The van der Waals surface area contributed by atoms with E-state index in [4.69, 9.17) is 5.73 Å². The lowest BCUT2D eigenvalue weighted by Crippen LogP contribution is -2.44. The minimum absolute atomic E-state index is 0.0999. The number of aryl methyl sites for hydroxylation is 1. The molecular weight excluding hydrogens is 404 g/mol. The first kappa shape index (κ1) is 21.9. The number of allylic oxidation sites excluding steroid dienone is 2. The van der Waals surface area contributed by atoms with E-state index < -0.39 is 0 Å². The molecule has 1 aliphatic heterocycles. The topological polar surface area (TPSA) is 115 Å². The normalized spacial score (nSPS) is 16.2. The van der Waals surface area contributed by atoms with Gasteiger partial charge in [0, 0.05) is 36.8 Å². The summed E-state index contributed by atoms with van der Waals surface area (Å²) in [6.45, 7) is 8.29. The van der Waals surface area contributed by atoms with Crippen LogP contribution in [0.25, 0.3) is 10.9 Å². The van der Waals surface area contributed by atoms with Crippen LogP contribution in [-0.2, 0) is 13.1 Å². The molecule has 32 heavy (non-hydrogen) atoms. The van der Waals surface area contributed by atoms with Crippen LogP contribution in [0.2, 0.25) is 0 Å². The monoisotopic (exact) mass is 434 g/mol. The Morgan fingerprint density at radius 3 is 2.84 bits per heavy atom. The minimum atomic E-state index is -0.304. The van der Waals surface area contributed by atoms with E-state index >= 15 is 0 Å². The van der Waals surface area contributed by atoms with Crippen molar-refractivity contribution in [3.63, 3.8) is 0 Å². The molecule has 1 fully saturated rings. The molecule has 0 radical (unpaired) electrons. The highest BCUT2D eigenvalue weighted by molar-refractivity contribution is 5.91. The molecule has 0 aliphatic carbocycles. The molecule has 0 bridgehead atoms. The number of rotatable bonds is 6. The number of para-hydroxylation sites is 1. The zero-order valence-corrected chi connectivity index (χ0v) is 18.9. The Morgan fingerprint density at radius 2 is 2.06 bits per heavy atom. The van der Waals surface area contributed by atoms with Gasteiger partial charge >= 0.3 is 0 Å². The molecular formula is C23H30N8O. The van der Waals surface area contributed by atoms with Crippen LogP contribution >= 0.6 is 0 Å². The van der Waals surface area contributed by atoms with Gasteiger partial charge in [0.25, 0.3) is 5.91 Å². The summed E-state index contributed by atoms with van der Waals surface area (Å²) in [6, 6.07) is 7.94. The van der Waals surface area contributed by atoms with Gasteiger partial charge in [-0.2, -0.15) is 0 Å². The number of nitrogens with one attached hydrogen (secondary N) is 1. The molecule has 9 nitrogen and oxygen atoms in total. The van der Waals surface area contributed by atoms with Crippen LogP contribution in [0.3, 0.4) is 0 Å². The molecule has 1 unspecified atom stereocenters. The zero-order valence-electron chi connectivity index (χ0n) is 18.9. The molecule has 168 valence electrons. The third-order valence-electron chi connectivity index (χ3n) is 5.60. The van der Waals surface area contributed by atoms with Crippen molar-refractivity contribution in [1.29, 1.82) is 0 Å². The van der Waals surface area contributed by atoms with E-state index in [1.54, 1.807) is 0 Å². The predicted octanol–water partition coefficient (Wildman–Crippen LogP) is 2.35. The quantitative estimate of drug-likeness (QED) is 0.572. The zero-order chi connectivity index (χ0) is 22.7. The van der Waals surface area contributed by atoms with Crippen molar-refractivity contribution >= 4 is 22.8 Å². The summed E-state index contributed by atoms with van der Waals surface area (Å²) >= 11 is 0. The fourth-order valence-corrected chi connectivity index (χ4v) is 3.94. The molecule has 3 aromatic rings. The number of amides is 1. The third kappa shape index (κ3) is 4.77. The third-order valence-corrected chi connectivity index (χ3v) is 5.60. The van der Waals surface area contributed by atoms with Crippen molar-refractivity contribution in [3.8, 4) is 0 Å². The second-order valence-corrected chi connectivity index (χ2v) is 8.49. The number of anilines is 1. The van der Waals surface area contributed by atoms with Gasteiger partial charge in [-0.05, 0) is 39.7 Å². The highest BCUT2D eigenvalue weighted by Gasteiger charge is 2.25. The van der Waals surface area contributed by atoms with E-state index in [9.17, 15) is 4.79 Å². The Labute approximate surface area is 187 Å². The molecule has 1 saturated heterocycles. The van der Waals surface area contributed by atoms with Crippen LogP contribution < -0.4 is 16.0 Å². The smallest absolute Gasteiger partial charge is 0.289 e. The van der Waals surface area contributed by atoms with Crippen molar-refractivity contribution in [2.24, 2.45) is 5.73 Å². The van der Waals surface area contributed by atoms with Gasteiger partial charge in [0.15, 0.2) is 0 Å². The Hall–Kier alpha value is -3.33. The summed E-state index contributed by atoms with van der Waals surface area (Å²) in [5.41, 5.74) is 9.06. The number of carbonyl (C=O) groups is 1. The van der Waals surface area contributed by atoms with Gasteiger partial charge in [-0.25, -0.2) is 9.97 Å². The number of nitrogens with two attached hydrogens (primary N) is 1. The lowest BCUT2D eigenvalue weighted by molar-refractivity contribution is 0.0935. The standard InChI is InChI=1S/C23H30N8O/c1-15(2)10-12-31-21(28-29-23(31)30-11-6-7-17(24)14-30)22(32)25-13-20-26-16(3)18-8-4-5-9-19(18)27-20/h4-5,8-10,17H,6-7,11-14,24H2,1-3H3,(H,25,32). The SMILES string of the molecule is CC(C)=CCn1c(C(=O)NCc2nc(C)c3ccccc3n2)nnc1N1CCCC(N)C1. The maximum absolute atomic E-state index is 13.0. The molecule has 1 amide bonds. The summed E-state index contributed by atoms with van der Waals surface area (Å²) in [5, 5.41) is 12.5. The van der Waals surface area contributed by atoms with E-state index in [1.807, 2.05) is 49.6 Å². The lowest BCUT2D eigenvalue weighted by atomic mass is 10.1. The average Bonchev–Trinajstić information content (AvgIpc) is 3.20. The fraction of sp³-hybridized carbons (Fsp3) is 0.435. The molecule has 3 N–H and O–H groups in total. The first-order chi connectivity index (χ1) is 15.4. The highest BCUT2D eigenvalue weighted by atomic mass is 16.2. The molecule has 0 spiro atoms. The van der Waals surface area contributed by atoms with Crippen LogP contribution in [0.4, 0.5) is 5.95 Å². The van der Waals surface area contributed by atoms with Crippen molar-refractivity contribution in [1.82, 2.24) is 30.0 Å². The van der Waals surface area contributed by atoms with Crippen LogP contribution in [0.5, 0.6) is 0 Å². The fourth-order valence-electron chi connectivity index (χ4n) is 3.94. The molecule has 1 atom stereocenters. The number of nitrogens with zero attached hydrogens (tertiary/aromatic N) is 6. The average molecular weight is 435 g/mol. The molecule has 4 rings (SSSR count). The first-order valence-corrected chi connectivity index (χ1v) is 11.0. The van der Waals surface area contributed by atoms with Gasteiger partial charge in [0.1, 0.15) is 5.82 Å². The van der Waals surface area contributed by atoms with E-state index in [0.29, 0.717) is 24.9 Å². The lowest BCUT2D eigenvalue weighted by Gasteiger charge is -2.31. The molecule has 1 aliphatic rings. The molecule has 0 saturated carbocycles. The summed E-state index contributed by atoms with van der Waals surface area (Å²) in [6.07, 6.45) is 4.05. The number of fused-ring (bicyclic) bond motifs is 1.